The lowest BCUT2D eigenvalue weighted by molar-refractivity contribution is 0.102. The van der Waals surface area contributed by atoms with Crippen LogP contribution in [0.1, 0.15) is 15.9 Å². The Morgan fingerprint density at radius 2 is 1.70 bits per heavy atom. The summed E-state index contributed by atoms with van der Waals surface area (Å²) < 4.78 is 0. The molecule has 3 aromatic carbocycles. The molecule has 0 aliphatic carbocycles. The number of halogens is 2. The molecule has 1 amide bonds. The van der Waals surface area contributed by atoms with Crippen LogP contribution in [0.3, 0.4) is 0 Å². The maximum atomic E-state index is 12.2. The van der Waals surface area contributed by atoms with Crippen molar-refractivity contribution in [1.82, 2.24) is 0 Å². The van der Waals surface area contributed by atoms with E-state index in [1.54, 1.807) is 24.3 Å². The molecule has 5 nitrogen and oxygen atoms in total. The Balaban J connectivity index is 1.82. The van der Waals surface area contributed by atoms with Gasteiger partial charge in [0.25, 0.3) is 5.91 Å². The molecule has 136 valence electrons. The molecule has 0 spiro atoms. The summed E-state index contributed by atoms with van der Waals surface area (Å²) >= 11 is 12.5. The molecule has 0 saturated heterocycles. The van der Waals surface area contributed by atoms with Gasteiger partial charge in [-0.1, -0.05) is 41.4 Å². The minimum absolute atomic E-state index is 0.0516. The van der Waals surface area contributed by atoms with Crippen LogP contribution < -0.4 is 5.32 Å². The third kappa shape index (κ3) is 4.58. The van der Waals surface area contributed by atoms with Crippen LogP contribution in [-0.2, 0) is 0 Å². The maximum Gasteiger partial charge on any atom is 0.255 e. The van der Waals surface area contributed by atoms with Gasteiger partial charge in [0, 0.05) is 23.4 Å². The molecule has 0 unspecified atom stereocenters. The normalized spacial score (nSPS) is 10.9. The van der Waals surface area contributed by atoms with Crippen molar-refractivity contribution >= 4 is 46.7 Å². The number of benzene rings is 3. The summed E-state index contributed by atoms with van der Waals surface area (Å²) in [5.74, 6) is -0.476. The first kappa shape index (κ1) is 18.8. The molecule has 3 N–H and O–H groups in total. The van der Waals surface area contributed by atoms with Gasteiger partial charge in [-0.2, -0.15) is 0 Å². The van der Waals surface area contributed by atoms with Gasteiger partial charge in [-0.05, 0) is 36.4 Å². The van der Waals surface area contributed by atoms with Gasteiger partial charge in [-0.25, -0.2) is 0 Å². The number of hydrogen-bond donors (Lipinski definition) is 3. The summed E-state index contributed by atoms with van der Waals surface area (Å²) in [7, 11) is 0. The average Bonchev–Trinajstić information content (AvgIpc) is 2.65. The number of nitrogens with one attached hydrogen (secondary N) is 1. The second-order valence-electron chi connectivity index (χ2n) is 5.60. The lowest BCUT2D eigenvalue weighted by atomic mass is 10.2. The first-order valence-electron chi connectivity index (χ1n) is 7.85. The van der Waals surface area contributed by atoms with Crippen LogP contribution >= 0.6 is 23.2 Å². The number of phenols is 2. The van der Waals surface area contributed by atoms with Gasteiger partial charge >= 0.3 is 0 Å². The highest BCUT2D eigenvalue weighted by Crippen LogP contribution is 2.35. The van der Waals surface area contributed by atoms with E-state index in [1.165, 1.54) is 36.5 Å². The molecule has 0 bridgehead atoms. The van der Waals surface area contributed by atoms with E-state index in [9.17, 15) is 15.0 Å². The highest BCUT2D eigenvalue weighted by Gasteiger charge is 2.11. The fourth-order valence-electron chi connectivity index (χ4n) is 2.30. The van der Waals surface area contributed by atoms with Gasteiger partial charge in [0.2, 0.25) is 0 Å². The predicted octanol–water partition coefficient (Wildman–Crippen LogP) is 5.41. The molecule has 0 aliphatic rings. The number of carbonyl (C=O) groups excluding carboxylic acids is 1. The molecular formula is C20H14Cl2N2O3. The average molecular weight is 401 g/mol. The van der Waals surface area contributed by atoms with Crippen molar-refractivity contribution < 1.29 is 15.0 Å². The minimum atomic E-state index is -0.307. The molecule has 3 rings (SSSR count). The van der Waals surface area contributed by atoms with E-state index in [4.69, 9.17) is 23.2 Å². The smallest absolute Gasteiger partial charge is 0.255 e. The number of aromatic hydroxyl groups is 2. The van der Waals surface area contributed by atoms with E-state index >= 15 is 0 Å². The molecule has 0 aliphatic heterocycles. The Kier molecular flexibility index (Phi) is 5.64. The van der Waals surface area contributed by atoms with E-state index in [0.717, 1.165) is 0 Å². The van der Waals surface area contributed by atoms with Gasteiger partial charge in [0.1, 0.15) is 11.5 Å². The van der Waals surface area contributed by atoms with Crippen molar-refractivity contribution in [1.29, 1.82) is 0 Å². The van der Waals surface area contributed by atoms with E-state index < -0.39 is 0 Å². The number of rotatable bonds is 4. The number of nitrogens with zero attached hydrogens (tertiary/aromatic N) is 1. The quantitative estimate of drug-likeness (QED) is 0.512. The van der Waals surface area contributed by atoms with E-state index in [0.29, 0.717) is 22.5 Å². The van der Waals surface area contributed by atoms with Crippen LogP contribution in [-0.4, -0.2) is 22.3 Å². The maximum absolute atomic E-state index is 12.2. The monoisotopic (exact) mass is 400 g/mol. The Hall–Kier alpha value is -3.02. The third-order valence-corrected chi connectivity index (χ3v) is 4.29. The summed E-state index contributed by atoms with van der Waals surface area (Å²) in [6.07, 6.45) is 1.40. The third-order valence-electron chi connectivity index (χ3n) is 3.68. The molecule has 0 atom stereocenters. The molecule has 0 saturated carbocycles. The number of amides is 1. The van der Waals surface area contributed by atoms with Crippen LogP contribution in [0.25, 0.3) is 0 Å². The SMILES string of the molecule is O=C(Nc1cc(Cl)c(N=Cc2ccc(O)cc2O)cc1Cl)c1ccccc1. The number of phenolic OH excluding ortho intramolecular Hbond substituents is 2. The van der Waals surface area contributed by atoms with E-state index in [2.05, 4.69) is 10.3 Å². The molecule has 3 aromatic rings. The Bertz CT molecular complexity index is 1020. The zero-order valence-corrected chi connectivity index (χ0v) is 15.4. The van der Waals surface area contributed by atoms with E-state index in [1.807, 2.05) is 6.07 Å². The van der Waals surface area contributed by atoms with Crippen LogP contribution in [0.5, 0.6) is 11.5 Å². The van der Waals surface area contributed by atoms with Crippen molar-refractivity contribution in [3.8, 4) is 11.5 Å². The fourth-order valence-corrected chi connectivity index (χ4v) is 2.71. The van der Waals surface area contributed by atoms with Crippen LogP contribution in [0, 0.1) is 0 Å². The zero-order chi connectivity index (χ0) is 19.4. The summed E-state index contributed by atoms with van der Waals surface area (Å²) in [5.41, 5.74) is 1.63. The Labute approximate surface area is 165 Å². The Morgan fingerprint density at radius 1 is 0.963 bits per heavy atom. The standard InChI is InChI=1S/C20H14Cl2N2O3/c21-15-10-18(24-20(27)12-4-2-1-3-5-12)16(22)9-17(15)23-11-13-6-7-14(25)8-19(13)26/h1-11,25-26H,(H,24,27). The molecule has 0 heterocycles. The molecule has 0 radical (unpaired) electrons. The first-order valence-corrected chi connectivity index (χ1v) is 8.61. The molecule has 0 aromatic heterocycles. The lowest BCUT2D eigenvalue weighted by Gasteiger charge is -2.09. The summed E-state index contributed by atoms with van der Waals surface area (Å²) in [6.45, 7) is 0. The number of aliphatic imine (C=N–C) groups is 1. The fraction of sp³-hybridized carbons (Fsp3) is 0. The van der Waals surface area contributed by atoms with Crippen molar-refractivity contribution in [2.45, 2.75) is 0 Å². The minimum Gasteiger partial charge on any atom is -0.508 e. The van der Waals surface area contributed by atoms with Crippen LogP contribution in [0.15, 0.2) is 65.7 Å². The predicted molar refractivity (Wildman–Crippen MR) is 108 cm³/mol. The summed E-state index contributed by atoms with van der Waals surface area (Å²) in [5, 5.41) is 22.4. The van der Waals surface area contributed by atoms with Crippen LogP contribution in [0.4, 0.5) is 11.4 Å². The van der Waals surface area contributed by atoms with Gasteiger partial charge in [-0.3, -0.25) is 9.79 Å². The first-order chi connectivity index (χ1) is 12.9. The van der Waals surface area contributed by atoms with Crippen LogP contribution in [0.2, 0.25) is 10.0 Å². The summed E-state index contributed by atoms with van der Waals surface area (Å²) in [6, 6.07) is 15.9. The number of carbonyl (C=O) groups is 1. The highest BCUT2D eigenvalue weighted by atomic mass is 35.5. The van der Waals surface area contributed by atoms with Crippen molar-refractivity contribution in [2.24, 2.45) is 4.99 Å². The van der Waals surface area contributed by atoms with Crippen molar-refractivity contribution in [3.63, 3.8) is 0 Å². The number of hydrogen-bond acceptors (Lipinski definition) is 4. The number of anilines is 1. The molecular weight excluding hydrogens is 387 g/mol. The van der Waals surface area contributed by atoms with Gasteiger partial charge < -0.3 is 15.5 Å². The molecule has 27 heavy (non-hydrogen) atoms. The largest absolute Gasteiger partial charge is 0.508 e. The topological polar surface area (TPSA) is 81.9 Å². The van der Waals surface area contributed by atoms with Crippen molar-refractivity contribution in [3.05, 3.63) is 81.8 Å². The summed E-state index contributed by atoms with van der Waals surface area (Å²) in [4.78, 5) is 16.5. The van der Waals surface area contributed by atoms with E-state index in [-0.39, 0.29) is 27.5 Å². The second kappa shape index (κ2) is 8.12. The molecule has 7 heteroatoms. The second-order valence-corrected chi connectivity index (χ2v) is 6.42. The zero-order valence-electron chi connectivity index (χ0n) is 13.9. The molecule has 0 fully saturated rings. The lowest BCUT2D eigenvalue weighted by Crippen LogP contribution is -2.11. The Morgan fingerprint density at radius 3 is 2.41 bits per heavy atom. The van der Waals surface area contributed by atoms with Gasteiger partial charge in [0.05, 0.1) is 21.4 Å². The van der Waals surface area contributed by atoms with Crippen molar-refractivity contribution in [2.75, 3.05) is 5.32 Å². The van der Waals surface area contributed by atoms with Gasteiger partial charge in [-0.15, -0.1) is 0 Å². The van der Waals surface area contributed by atoms with Gasteiger partial charge in [0.15, 0.2) is 0 Å². The highest BCUT2D eigenvalue weighted by molar-refractivity contribution is 6.37.